The smallest absolute Gasteiger partial charge is 0.338 e. The van der Waals surface area contributed by atoms with Crippen LogP contribution in [0.15, 0.2) is 78.9 Å². The van der Waals surface area contributed by atoms with E-state index in [0.717, 1.165) is 16.7 Å². The quantitative estimate of drug-likeness (QED) is 0.537. The normalized spacial score (nSPS) is 14.9. The average Bonchev–Trinajstić information content (AvgIpc) is 3.14. The number of aliphatic hydroxyl groups is 1. The summed E-state index contributed by atoms with van der Waals surface area (Å²) < 4.78 is 5.04. The fourth-order valence-corrected chi connectivity index (χ4v) is 4.34. The molecule has 3 aromatic rings. The molecule has 1 aliphatic rings. The standard InChI is InChI=1S/C27H27NO4/c1-26(2,21-11-7-4-8-12-21)18-27(31,16-19-9-5-3-6-10-19)25(30)28-22-13-14-23-20(15-22)17-32-24(23)29/h3-15,31H,16-18H2,1-2H3,(H,28,30). The molecule has 164 valence electrons. The third-order valence-corrected chi connectivity index (χ3v) is 5.99. The predicted octanol–water partition coefficient (Wildman–Crippen LogP) is 4.64. The first kappa shape index (κ1) is 21.8. The van der Waals surface area contributed by atoms with Crippen LogP contribution in [0.25, 0.3) is 0 Å². The number of carbonyl (C=O) groups is 2. The summed E-state index contributed by atoms with van der Waals surface area (Å²) in [5, 5.41) is 14.6. The summed E-state index contributed by atoms with van der Waals surface area (Å²) in [7, 11) is 0. The zero-order valence-corrected chi connectivity index (χ0v) is 18.3. The number of hydrogen-bond acceptors (Lipinski definition) is 4. The zero-order chi connectivity index (χ0) is 22.8. The van der Waals surface area contributed by atoms with E-state index in [2.05, 4.69) is 5.32 Å². The number of esters is 1. The van der Waals surface area contributed by atoms with E-state index < -0.39 is 16.9 Å². The zero-order valence-electron chi connectivity index (χ0n) is 18.3. The Morgan fingerprint density at radius 2 is 1.66 bits per heavy atom. The summed E-state index contributed by atoms with van der Waals surface area (Å²) in [6, 6.07) is 24.4. The Morgan fingerprint density at radius 1 is 1.00 bits per heavy atom. The monoisotopic (exact) mass is 429 g/mol. The molecule has 0 saturated carbocycles. The van der Waals surface area contributed by atoms with Crippen LogP contribution < -0.4 is 5.32 Å². The number of nitrogens with one attached hydrogen (secondary N) is 1. The van der Waals surface area contributed by atoms with Crippen molar-refractivity contribution in [3.8, 4) is 0 Å². The number of amides is 1. The highest BCUT2D eigenvalue weighted by atomic mass is 16.5. The molecule has 5 nitrogen and oxygen atoms in total. The molecule has 0 aliphatic carbocycles. The highest BCUT2D eigenvalue weighted by molar-refractivity contribution is 5.99. The highest BCUT2D eigenvalue weighted by Gasteiger charge is 2.42. The molecule has 0 radical (unpaired) electrons. The van der Waals surface area contributed by atoms with E-state index in [1.807, 2.05) is 74.5 Å². The second-order valence-corrected chi connectivity index (χ2v) is 9.02. The van der Waals surface area contributed by atoms with Gasteiger partial charge in [0.05, 0.1) is 5.56 Å². The van der Waals surface area contributed by atoms with E-state index in [-0.39, 0.29) is 25.4 Å². The van der Waals surface area contributed by atoms with Crippen molar-refractivity contribution in [1.82, 2.24) is 0 Å². The van der Waals surface area contributed by atoms with Gasteiger partial charge in [-0.2, -0.15) is 0 Å². The molecule has 1 amide bonds. The van der Waals surface area contributed by atoms with Gasteiger partial charge >= 0.3 is 5.97 Å². The van der Waals surface area contributed by atoms with Gasteiger partial charge in [-0.15, -0.1) is 0 Å². The molecule has 0 fully saturated rings. The van der Waals surface area contributed by atoms with Gasteiger partial charge in [-0.1, -0.05) is 74.5 Å². The van der Waals surface area contributed by atoms with E-state index in [0.29, 0.717) is 11.3 Å². The van der Waals surface area contributed by atoms with Gasteiger partial charge in [0.1, 0.15) is 12.2 Å². The summed E-state index contributed by atoms with van der Waals surface area (Å²) in [5.74, 6) is -0.835. The minimum absolute atomic E-state index is 0.183. The summed E-state index contributed by atoms with van der Waals surface area (Å²) >= 11 is 0. The Kier molecular flexibility index (Phi) is 5.85. The van der Waals surface area contributed by atoms with Gasteiger partial charge in [-0.05, 0) is 41.2 Å². The molecule has 0 bridgehead atoms. The molecule has 5 heteroatoms. The second kappa shape index (κ2) is 8.60. The number of ether oxygens (including phenoxy) is 1. The third kappa shape index (κ3) is 4.58. The molecule has 4 rings (SSSR count). The third-order valence-electron chi connectivity index (χ3n) is 5.99. The maximum absolute atomic E-state index is 13.5. The van der Waals surface area contributed by atoms with Crippen molar-refractivity contribution in [2.75, 3.05) is 5.32 Å². The van der Waals surface area contributed by atoms with Crippen molar-refractivity contribution in [3.63, 3.8) is 0 Å². The van der Waals surface area contributed by atoms with Crippen LogP contribution in [-0.4, -0.2) is 22.6 Å². The summed E-state index contributed by atoms with van der Waals surface area (Å²) in [4.78, 5) is 25.2. The lowest BCUT2D eigenvalue weighted by Gasteiger charge is -2.36. The molecule has 3 aromatic carbocycles. The molecule has 1 unspecified atom stereocenters. The molecule has 1 atom stereocenters. The number of fused-ring (bicyclic) bond motifs is 1. The molecule has 0 saturated heterocycles. The molecule has 1 aliphatic heterocycles. The van der Waals surface area contributed by atoms with Crippen LogP contribution in [-0.2, 0) is 28.0 Å². The molecule has 32 heavy (non-hydrogen) atoms. The predicted molar refractivity (Wildman–Crippen MR) is 123 cm³/mol. The lowest BCUT2D eigenvalue weighted by atomic mass is 9.73. The van der Waals surface area contributed by atoms with Crippen LogP contribution in [0.3, 0.4) is 0 Å². The molecule has 0 spiro atoms. The minimum Gasteiger partial charge on any atom is -0.457 e. The Labute approximate surface area is 188 Å². The van der Waals surface area contributed by atoms with Crippen molar-refractivity contribution >= 4 is 17.6 Å². The van der Waals surface area contributed by atoms with Gasteiger partial charge in [0.15, 0.2) is 0 Å². The minimum atomic E-state index is -1.65. The van der Waals surface area contributed by atoms with Crippen molar-refractivity contribution < 1.29 is 19.4 Å². The Hall–Kier alpha value is -3.44. The summed E-state index contributed by atoms with van der Waals surface area (Å²) in [6.07, 6.45) is 0.416. The second-order valence-electron chi connectivity index (χ2n) is 9.02. The van der Waals surface area contributed by atoms with Gasteiger partial charge in [0.25, 0.3) is 5.91 Å². The van der Waals surface area contributed by atoms with Gasteiger partial charge in [-0.25, -0.2) is 4.79 Å². The van der Waals surface area contributed by atoms with E-state index in [1.165, 1.54) is 0 Å². The van der Waals surface area contributed by atoms with Gasteiger partial charge < -0.3 is 15.2 Å². The molecule has 2 N–H and O–H groups in total. The Balaban J connectivity index is 1.62. The van der Waals surface area contributed by atoms with Crippen LogP contribution in [0.5, 0.6) is 0 Å². The Morgan fingerprint density at radius 3 is 2.34 bits per heavy atom. The fraction of sp³-hybridized carbons (Fsp3) is 0.259. The number of carbonyl (C=O) groups excluding carboxylic acids is 2. The Bertz CT molecular complexity index is 1120. The van der Waals surface area contributed by atoms with Crippen LogP contribution in [0.2, 0.25) is 0 Å². The maximum atomic E-state index is 13.5. The van der Waals surface area contributed by atoms with Crippen molar-refractivity contribution in [3.05, 3.63) is 101 Å². The van der Waals surface area contributed by atoms with Gasteiger partial charge in [0, 0.05) is 17.7 Å². The highest BCUT2D eigenvalue weighted by Crippen LogP contribution is 2.35. The first-order valence-electron chi connectivity index (χ1n) is 10.7. The topological polar surface area (TPSA) is 75.6 Å². The van der Waals surface area contributed by atoms with Crippen LogP contribution in [0, 0.1) is 0 Å². The van der Waals surface area contributed by atoms with E-state index in [1.54, 1.807) is 18.2 Å². The summed E-state index contributed by atoms with van der Waals surface area (Å²) in [6.45, 7) is 4.25. The fourth-order valence-electron chi connectivity index (χ4n) is 4.34. The largest absolute Gasteiger partial charge is 0.457 e. The average molecular weight is 430 g/mol. The van der Waals surface area contributed by atoms with Crippen LogP contribution in [0.1, 0.15) is 47.3 Å². The van der Waals surface area contributed by atoms with Crippen molar-refractivity contribution in [2.45, 2.75) is 44.3 Å². The van der Waals surface area contributed by atoms with Crippen molar-refractivity contribution in [2.24, 2.45) is 0 Å². The number of cyclic esters (lactones) is 1. The SMILES string of the molecule is CC(C)(CC(O)(Cc1ccccc1)C(=O)Nc1ccc2c(c1)COC2=O)c1ccccc1. The van der Waals surface area contributed by atoms with E-state index in [4.69, 9.17) is 4.74 Å². The lowest BCUT2D eigenvalue weighted by Crippen LogP contribution is -2.48. The van der Waals surface area contributed by atoms with Gasteiger partial charge in [-0.3, -0.25) is 4.79 Å². The maximum Gasteiger partial charge on any atom is 0.338 e. The lowest BCUT2D eigenvalue weighted by molar-refractivity contribution is -0.136. The van der Waals surface area contributed by atoms with Crippen molar-refractivity contribution in [1.29, 1.82) is 0 Å². The first-order chi connectivity index (χ1) is 15.3. The van der Waals surface area contributed by atoms with E-state index >= 15 is 0 Å². The van der Waals surface area contributed by atoms with E-state index in [9.17, 15) is 14.7 Å². The number of anilines is 1. The van der Waals surface area contributed by atoms with Crippen LogP contribution in [0.4, 0.5) is 5.69 Å². The number of hydrogen-bond donors (Lipinski definition) is 2. The van der Waals surface area contributed by atoms with Gasteiger partial charge in [0.2, 0.25) is 0 Å². The van der Waals surface area contributed by atoms with Crippen LogP contribution >= 0.6 is 0 Å². The number of benzene rings is 3. The molecular formula is C27H27NO4. The first-order valence-corrected chi connectivity index (χ1v) is 10.7. The molecular weight excluding hydrogens is 402 g/mol. The number of rotatable bonds is 7. The summed E-state index contributed by atoms with van der Waals surface area (Å²) in [5.41, 5.74) is 1.59. The molecule has 0 aromatic heterocycles. The molecule has 1 heterocycles.